The number of carbonyl (C=O) groups is 2. The van der Waals surface area contributed by atoms with Crippen LogP contribution in [0.25, 0.3) is 0 Å². The lowest BCUT2D eigenvalue weighted by Gasteiger charge is -2.41. The zero-order valence-corrected chi connectivity index (χ0v) is 15.9. The van der Waals surface area contributed by atoms with Crippen LogP contribution < -0.4 is 5.32 Å². The van der Waals surface area contributed by atoms with Crippen molar-refractivity contribution >= 4 is 11.9 Å². The highest BCUT2D eigenvalue weighted by Crippen LogP contribution is 2.44. The Morgan fingerprint density at radius 1 is 1.14 bits per heavy atom. The maximum absolute atomic E-state index is 14.0. The Labute approximate surface area is 163 Å². The third kappa shape index (κ3) is 4.75. The second-order valence-corrected chi connectivity index (χ2v) is 6.93. The zero-order chi connectivity index (χ0) is 20.0. The molecule has 0 aromatic heterocycles. The monoisotopic (exact) mass is 385 g/mol. The standard InChI is InChI=1S/C22H24FNO4/c1-27-22(9-5-10-22)18-12-17(13-19(23)14-18)21(26)24-11-8-20(25)28-15-16-6-3-2-4-7-16/h2-4,6-7,12-14H,5,8-11,15H2,1H3,(H,24,26). The molecule has 0 radical (unpaired) electrons. The Bertz CT molecular complexity index is 828. The molecule has 0 atom stereocenters. The van der Waals surface area contributed by atoms with E-state index in [4.69, 9.17) is 9.47 Å². The van der Waals surface area contributed by atoms with Gasteiger partial charge in [-0.2, -0.15) is 0 Å². The van der Waals surface area contributed by atoms with Gasteiger partial charge < -0.3 is 14.8 Å². The summed E-state index contributed by atoms with van der Waals surface area (Å²) in [4.78, 5) is 24.2. The third-order valence-corrected chi connectivity index (χ3v) is 5.10. The molecule has 1 aliphatic rings. The van der Waals surface area contributed by atoms with E-state index < -0.39 is 23.3 Å². The minimum Gasteiger partial charge on any atom is -0.461 e. The van der Waals surface area contributed by atoms with Crippen molar-refractivity contribution in [3.05, 3.63) is 71.0 Å². The van der Waals surface area contributed by atoms with Crippen molar-refractivity contribution < 1.29 is 23.5 Å². The number of rotatable bonds is 8. The van der Waals surface area contributed by atoms with Gasteiger partial charge in [0.15, 0.2) is 0 Å². The molecule has 1 saturated carbocycles. The molecule has 5 nitrogen and oxygen atoms in total. The summed E-state index contributed by atoms with van der Waals surface area (Å²) in [7, 11) is 1.60. The predicted molar refractivity (Wildman–Crippen MR) is 102 cm³/mol. The molecule has 2 aromatic carbocycles. The van der Waals surface area contributed by atoms with Crippen LogP contribution in [0.2, 0.25) is 0 Å². The van der Waals surface area contributed by atoms with Crippen LogP contribution in [0.5, 0.6) is 0 Å². The fourth-order valence-corrected chi connectivity index (χ4v) is 3.28. The van der Waals surface area contributed by atoms with Gasteiger partial charge in [-0.1, -0.05) is 30.3 Å². The minimum absolute atomic E-state index is 0.0444. The molecule has 2 aromatic rings. The number of halogens is 1. The lowest BCUT2D eigenvalue weighted by Crippen LogP contribution is -2.36. The van der Waals surface area contributed by atoms with Gasteiger partial charge in [0.25, 0.3) is 5.91 Å². The van der Waals surface area contributed by atoms with E-state index in [0.29, 0.717) is 5.56 Å². The van der Waals surface area contributed by atoms with Crippen molar-refractivity contribution in [2.75, 3.05) is 13.7 Å². The molecule has 0 bridgehead atoms. The van der Waals surface area contributed by atoms with Crippen molar-refractivity contribution in [1.29, 1.82) is 0 Å². The largest absolute Gasteiger partial charge is 0.461 e. The molecule has 0 aliphatic heterocycles. The first-order valence-electron chi connectivity index (χ1n) is 9.36. The quantitative estimate of drug-likeness (QED) is 0.704. The summed E-state index contributed by atoms with van der Waals surface area (Å²) < 4.78 is 24.8. The number of carbonyl (C=O) groups excluding carboxylic acids is 2. The molecular formula is C22H24FNO4. The first-order valence-corrected chi connectivity index (χ1v) is 9.36. The number of methoxy groups -OCH3 is 1. The molecule has 28 heavy (non-hydrogen) atoms. The number of amides is 1. The molecule has 148 valence electrons. The smallest absolute Gasteiger partial charge is 0.307 e. The molecule has 1 N–H and O–H groups in total. The highest BCUT2D eigenvalue weighted by Gasteiger charge is 2.39. The van der Waals surface area contributed by atoms with Crippen LogP contribution >= 0.6 is 0 Å². The van der Waals surface area contributed by atoms with Gasteiger partial charge in [0.2, 0.25) is 0 Å². The van der Waals surface area contributed by atoms with Gasteiger partial charge in [-0.3, -0.25) is 9.59 Å². The molecule has 0 unspecified atom stereocenters. The Morgan fingerprint density at radius 3 is 2.54 bits per heavy atom. The predicted octanol–water partition coefficient (Wildman–Crippen LogP) is 3.71. The fourth-order valence-electron chi connectivity index (χ4n) is 3.28. The van der Waals surface area contributed by atoms with Crippen LogP contribution in [0.3, 0.4) is 0 Å². The molecule has 1 amide bonds. The number of benzene rings is 2. The first-order chi connectivity index (χ1) is 13.5. The van der Waals surface area contributed by atoms with E-state index in [1.807, 2.05) is 30.3 Å². The van der Waals surface area contributed by atoms with Crippen LogP contribution in [0, 0.1) is 5.82 Å². The van der Waals surface area contributed by atoms with E-state index in [0.717, 1.165) is 24.8 Å². The normalized spacial score (nSPS) is 14.8. The van der Waals surface area contributed by atoms with Crippen molar-refractivity contribution in [3.8, 4) is 0 Å². The van der Waals surface area contributed by atoms with Crippen molar-refractivity contribution in [2.24, 2.45) is 0 Å². The van der Waals surface area contributed by atoms with Crippen LogP contribution in [0.1, 0.15) is 47.2 Å². The summed E-state index contributed by atoms with van der Waals surface area (Å²) in [6.45, 7) is 0.313. The van der Waals surface area contributed by atoms with Crippen LogP contribution in [0.15, 0.2) is 48.5 Å². The number of hydrogen-bond donors (Lipinski definition) is 1. The molecule has 3 rings (SSSR count). The average molecular weight is 385 g/mol. The van der Waals surface area contributed by atoms with E-state index in [1.165, 1.54) is 12.1 Å². The van der Waals surface area contributed by atoms with Crippen LogP contribution in [0.4, 0.5) is 4.39 Å². The van der Waals surface area contributed by atoms with Gasteiger partial charge in [0.1, 0.15) is 12.4 Å². The SMILES string of the molecule is COC1(c2cc(F)cc(C(=O)NCCC(=O)OCc3ccccc3)c2)CCC1. The summed E-state index contributed by atoms with van der Waals surface area (Å²) in [5.74, 6) is -1.31. The maximum atomic E-state index is 14.0. The molecule has 0 saturated heterocycles. The van der Waals surface area contributed by atoms with Crippen molar-refractivity contribution in [3.63, 3.8) is 0 Å². The second kappa shape index (κ2) is 8.97. The van der Waals surface area contributed by atoms with Gasteiger partial charge in [-0.25, -0.2) is 4.39 Å². The Kier molecular flexibility index (Phi) is 6.41. The minimum atomic E-state index is -0.502. The lowest BCUT2D eigenvalue weighted by atomic mass is 9.74. The molecule has 1 fully saturated rings. The summed E-state index contributed by atoms with van der Waals surface area (Å²) in [5.41, 5.74) is 1.29. The average Bonchev–Trinajstić information content (AvgIpc) is 2.66. The first kappa shape index (κ1) is 20.0. The van der Waals surface area contributed by atoms with Crippen LogP contribution in [-0.2, 0) is 26.5 Å². The fraction of sp³-hybridized carbons (Fsp3) is 0.364. The van der Waals surface area contributed by atoms with E-state index in [2.05, 4.69) is 5.32 Å². The molecule has 0 spiro atoms. The maximum Gasteiger partial charge on any atom is 0.307 e. The van der Waals surface area contributed by atoms with E-state index >= 15 is 0 Å². The number of hydrogen-bond acceptors (Lipinski definition) is 4. The number of nitrogens with one attached hydrogen (secondary N) is 1. The highest BCUT2D eigenvalue weighted by molar-refractivity contribution is 5.94. The molecule has 6 heteroatoms. The summed E-state index contributed by atoms with van der Waals surface area (Å²) in [5, 5.41) is 2.64. The Morgan fingerprint density at radius 2 is 1.89 bits per heavy atom. The van der Waals surface area contributed by atoms with Gasteiger partial charge >= 0.3 is 5.97 Å². The van der Waals surface area contributed by atoms with Crippen molar-refractivity contribution in [1.82, 2.24) is 5.32 Å². The highest BCUT2D eigenvalue weighted by atomic mass is 19.1. The number of ether oxygens (including phenoxy) is 2. The van der Waals surface area contributed by atoms with E-state index in [-0.39, 0.29) is 25.1 Å². The van der Waals surface area contributed by atoms with Gasteiger partial charge in [0.05, 0.1) is 12.0 Å². The molecule has 0 heterocycles. The number of esters is 1. The lowest BCUT2D eigenvalue weighted by molar-refractivity contribution is -0.144. The van der Waals surface area contributed by atoms with E-state index in [1.54, 1.807) is 13.2 Å². The van der Waals surface area contributed by atoms with Gasteiger partial charge in [-0.05, 0) is 48.6 Å². The topological polar surface area (TPSA) is 64.6 Å². The molecule has 1 aliphatic carbocycles. The third-order valence-electron chi connectivity index (χ3n) is 5.10. The Balaban J connectivity index is 1.51. The van der Waals surface area contributed by atoms with E-state index in [9.17, 15) is 14.0 Å². The van der Waals surface area contributed by atoms with Crippen molar-refractivity contribution in [2.45, 2.75) is 37.9 Å². The second-order valence-electron chi connectivity index (χ2n) is 6.93. The zero-order valence-electron chi connectivity index (χ0n) is 15.9. The van der Waals surface area contributed by atoms with Gasteiger partial charge in [0, 0.05) is 19.2 Å². The van der Waals surface area contributed by atoms with Crippen LogP contribution in [-0.4, -0.2) is 25.5 Å². The summed E-state index contributed by atoms with van der Waals surface area (Å²) in [6.07, 6.45) is 2.67. The molecular weight excluding hydrogens is 361 g/mol. The summed E-state index contributed by atoms with van der Waals surface area (Å²) in [6, 6.07) is 13.6. The Hall–Kier alpha value is -2.73. The van der Waals surface area contributed by atoms with Gasteiger partial charge in [-0.15, -0.1) is 0 Å². The summed E-state index contributed by atoms with van der Waals surface area (Å²) >= 11 is 0.